The zero-order valence-corrected chi connectivity index (χ0v) is 21.0. The third-order valence-electron chi connectivity index (χ3n) is 6.03. The van der Waals surface area contributed by atoms with Crippen LogP contribution in [0.2, 0.25) is 0 Å². The van der Waals surface area contributed by atoms with Crippen molar-refractivity contribution >= 4 is 16.9 Å². The Morgan fingerprint density at radius 3 is 2.35 bits per heavy atom. The molecule has 1 aromatic heterocycles. The maximum absolute atomic E-state index is 13.4. The SMILES string of the molecule is COC(=O)C[C@@H](c1ccc(OC)c(OC(C)C)c1)c1c(O)ccc2c(=O)c(-c3ccc(O)cc3)coc12. The van der Waals surface area contributed by atoms with E-state index in [1.54, 1.807) is 30.3 Å². The van der Waals surface area contributed by atoms with Crippen LogP contribution in [0.4, 0.5) is 0 Å². The van der Waals surface area contributed by atoms with Crippen molar-refractivity contribution in [2.45, 2.75) is 32.3 Å². The molecule has 0 saturated heterocycles. The van der Waals surface area contributed by atoms with Crippen LogP contribution in [0.1, 0.15) is 37.3 Å². The first-order chi connectivity index (χ1) is 17.7. The molecule has 0 bridgehead atoms. The van der Waals surface area contributed by atoms with Crippen LogP contribution in [0.25, 0.3) is 22.1 Å². The minimum atomic E-state index is -0.723. The quantitative estimate of drug-likeness (QED) is 0.308. The van der Waals surface area contributed by atoms with Gasteiger partial charge in [-0.15, -0.1) is 0 Å². The third-order valence-corrected chi connectivity index (χ3v) is 6.03. The molecule has 37 heavy (non-hydrogen) atoms. The molecule has 192 valence electrons. The highest BCUT2D eigenvalue weighted by Crippen LogP contribution is 2.42. The number of methoxy groups -OCH3 is 2. The molecule has 0 radical (unpaired) electrons. The number of benzene rings is 3. The van der Waals surface area contributed by atoms with Gasteiger partial charge in [0.2, 0.25) is 5.43 Å². The molecule has 0 spiro atoms. The number of phenolic OH excluding ortho intramolecular Hbond substituents is 2. The van der Waals surface area contributed by atoms with Crippen molar-refractivity contribution in [2.24, 2.45) is 0 Å². The van der Waals surface area contributed by atoms with Crippen LogP contribution in [0.5, 0.6) is 23.0 Å². The summed E-state index contributed by atoms with van der Waals surface area (Å²) >= 11 is 0. The van der Waals surface area contributed by atoms with Gasteiger partial charge in [-0.05, 0) is 61.4 Å². The molecule has 8 heteroatoms. The maximum Gasteiger partial charge on any atom is 0.306 e. The van der Waals surface area contributed by atoms with E-state index in [9.17, 15) is 19.8 Å². The highest BCUT2D eigenvalue weighted by Gasteiger charge is 2.27. The van der Waals surface area contributed by atoms with Crippen molar-refractivity contribution in [3.05, 3.63) is 82.2 Å². The molecular formula is C29H28O8. The Hall–Kier alpha value is -4.46. The Labute approximate surface area is 213 Å². The number of phenols is 2. The van der Waals surface area contributed by atoms with E-state index in [-0.39, 0.29) is 46.0 Å². The third kappa shape index (κ3) is 5.23. The van der Waals surface area contributed by atoms with Crippen molar-refractivity contribution in [3.8, 4) is 34.1 Å². The van der Waals surface area contributed by atoms with Gasteiger partial charge < -0.3 is 28.8 Å². The van der Waals surface area contributed by atoms with Gasteiger partial charge in [0.05, 0.1) is 37.7 Å². The molecule has 0 amide bonds. The lowest BCUT2D eigenvalue weighted by atomic mass is 9.86. The summed E-state index contributed by atoms with van der Waals surface area (Å²) in [5, 5.41) is 20.8. The number of aromatic hydroxyl groups is 2. The van der Waals surface area contributed by atoms with E-state index in [4.69, 9.17) is 18.6 Å². The van der Waals surface area contributed by atoms with Gasteiger partial charge in [0, 0.05) is 11.5 Å². The predicted molar refractivity (Wildman–Crippen MR) is 138 cm³/mol. The maximum atomic E-state index is 13.4. The molecule has 0 aliphatic rings. The van der Waals surface area contributed by atoms with Gasteiger partial charge in [-0.25, -0.2) is 0 Å². The topological polar surface area (TPSA) is 115 Å². The summed E-state index contributed by atoms with van der Waals surface area (Å²) in [6, 6.07) is 14.3. The number of hydrogen-bond donors (Lipinski definition) is 2. The van der Waals surface area contributed by atoms with Gasteiger partial charge in [0.15, 0.2) is 11.5 Å². The number of rotatable bonds is 8. The van der Waals surface area contributed by atoms with Crippen molar-refractivity contribution in [1.29, 1.82) is 0 Å². The van der Waals surface area contributed by atoms with Crippen LogP contribution >= 0.6 is 0 Å². The molecule has 0 fully saturated rings. The van der Waals surface area contributed by atoms with Crippen molar-refractivity contribution < 1.29 is 33.6 Å². The van der Waals surface area contributed by atoms with Crippen LogP contribution in [0.3, 0.4) is 0 Å². The van der Waals surface area contributed by atoms with Crippen LogP contribution in [0.15, 0.2) is 70.1 Å². The Balaban J connectivity index is 1.93. The summed E-state index contributed by atoms with van der Waals surface area (Å²) in [5.74, 6) is -0.302. The summed E-state index contributed by atoms with van der Waals surface area (Å²) in [7, 11) is 2.82. The molecule has 0 saturated carbocycles. The lowest BCUT2D eigenvalue weighted by Gasteiger charge is -2.21. The first-order valence-electron chi connectivity index (χ1n) is 11.7. The second-order valence-corrected chi connectivity index (χ2v) is 8.81. The molecule has 0 aliphatic carbocycles. The predicted octanol–water partition coefficient (Wildman–Crippen LogP) is 5.36. The van der Waals surface area contributed by atoms with E-state index in [0.29, 0.717) is 28.2 Å². The van der Waals surface area contributed by atoms with Gasteiger partial charge in [-0.1, -0.05) is 18.2 Å². The fourth-order valence-electron chi connectivity index (χ4n) is 4.28. The Morgan fingerprint density at radius 2 is 1.70 bits per heavy atom. The Kier molecular flexibility index (Phi) is 7.38. The number of esters is 1. The van der Waals surface area contributed by atoms with Crippen LogP contribution in [-0.2, 0) is 9.53 Å². The summed E-state index contributed by atoms with van der Waals surface area (Å²) < 4.78 is 22.2. The van der Waals surface area contributed by atoms with E-state index in [2.05, 4.69) is 0 Å². The molecule has 1 atom stereocenters. The summed E-state index contributed by atoms with van der Waals surface area (Å²) in [4.78, 5) is 25.9. The second-order valence-electron chi connectivity index (χ2n) is 8.81. The molecule has 0 unspecified atom stereocenters. The fourth-order valence-corrected chi connectivity index (χ4v) is 4.28. The average Bonchev–Trinajstić information content (AvgIpc) is 2.88. The molecular weight excluding hydrogens is 476 g/mol. The van der Waals surface area contributed by atoms with Crippen LogP contribution in [-0.4, -0.2) is 36.5 Å². The smallest absolute Gasteiger partial charge is 0.306 e. The van der Waals surface area contributed by atoms with Crippen molar-refractivity contribution in [1.82, 2.24) is 0 Å². The molecule has 8 nitrogen and oxygen atoms in total. The minimum Gasteiger partial charge on any atom is -0.508 e. The number of fused-ring (bicyclic) bond motifs is 1. The van der Waals surface area contributed by atoms with E-state index < -0.39 is 11.9 Å². The molecule has 2 N–H and O–H groups in total. The van der Waals surface area contributed by atoms with E-state index in [1.165, 1.54) is 44.7 Å². The number of hydrogen-bond acceptors (Lipinski definition) is 8. The molecule has 1 heterocycles. The van der Waals surface area contributed by atoms with Gasteiger partial charge >= 0.3 is 5.97 Å². The van der Waals surface area contributed by atoms with E-state index >= 15 is 0 Å². The van der Waals surface area contributed by atoms with Crippen molar-refractivity contribution in [3.63, 3.8) is 0 Å². The largest absolute Gasteiger partial charge is 0.508 e. The highest BCUT2D eigenvalue weighted by molar-refractivity contribution is 5.87. The highest BCUT2D eigenvalue weighted by atomic mass is 16.5. The summed E-state index contributed by atoms with van der Waals surface area (Å²) in [5.41, 5.74) is 1.62. The lowest BCUT2D eigenvalue weighted by Crippen LogP contribution is -2.13. The lowest BCUT2D eigenvalue weighted by molar-refractivity contribution is -0.140. The van der Waals surface area contributed by atoms with Gasteiger partial charge in [-0.3, -0.25) is 9.59 Å². The molecule has 3 aromatic carbocycles. The summed E-state index contributed by atoms with van der Waals surface area (Å²) in [6.45, 7) is 3.77. The second kappa shape index (κ2) is 10.7. The van der Waals surface area contributed by atoms with E-state index in [0.717, 1.165) is 0 Å². The monoisotopic (exact) mass is 504 g/mol. The number of carbonyl (C=O) groups is 1. The van der Waals surface area contributed by atoms with Crippen LogP contribution in [0, 0.1) is 0 Å². The average molecular weight is 505 g/mol. The normalized spacial score (nSPS) is 11.9. The first-order valence-corrected chi connectivity index (χ1v) is 11.7. The number of ether oxygens (including phenoxy) is 3. The van der Waals surface area contributed by atoms with Crippen LogP contribution < -0.4 is 14.9 Å². The molecule has 4 rings (SSSR count). The Morgan fingerprint density at radius 1 is 0.973 bits per heavy atom. The molecule has 0 aliphatic heterocycles. The van der Waals surface area contributed by atoms with Gasteiger partial charge in [0.25, 0.3) is 0 Å². The van der Waals surface area contributed by atoms with Gasteiger partial charge in [0.1, 0.15) is 23.3 Å². The van der Waals surface area contributed by atoms with Crippen molar-refractivity contribution in [2.75, 3.05) is 14.2 Å². The minimum absolute atomic E-state index is 0.0760. The zero-order chi connectivity index (χ0) is 26.7. The Bertz CT molecular complexity index is 1480. The number of carbonyl (C=O) groups excluding carboxylic acids is 1. The standard InChI is InChI=1S/C29H28O8/c1-16(2)37-25-13-18(7-12-24(25)34-3)21(14-26(32)35-4)27-23(31)11-10-20-28(33)22(15-36-29(20)27)17-5-8-19(30)9-6-17/h5-13,15-16,21,30-31H,14H2,1-4H3/t21-/m0/s1. The molecule has 4 aromatic rings. The first kappa shape index (κ1) is 25.6. The fraction of sp³-hybridized carbons (Fsp3) is 0.241. The summed E-state index contributed by atoms with van der Waals surface area (Å²) in [6.07, 6.45) is 1.06. The van der Waals surface area contributed by atoms with Gasteiger partial charge in [-0.2, -0.15) is 0 Å². The zero-order valence-electron chi connectivity index (χ0n) is 21.0. The van der Waals surface area contributed by atoms with E-state index in [1.807, 2.05) is 13.8 Å².